The number of fused-ring (bicyclic) bond motifs is 2. The zero-order valence-corrected chi connectivity index (χ0v) is 14.2. The van der Waals surface area contributed by atoms with Gasteiger partial charge in [0.05, 0.1) is 13.0 Å². The van der Waals surface area contributed by atoms with Crippen LogP contribution in [0.2, 0.25) is 0 Å². The highest BCUT2D eigenvalue weighted by molar-refractivity contribution is 9.10. The zero-order valence-electron chi connectivity index (χ0n) is 12.6. The van der Waals surface area contributed by atoms with Crippen molar-refractivity contribution in [1.82, 2.24) is 5.32 Å². The van der Waals surface area contributed by atoms with Crippen LogP contribution in [0.5, 0.6) is 0 Å². The second-order valence-electron chi connectivity index (χ2n) is 5.99. The molecule has 2 aliphatic rings. The number of halogens is 1. The number of nitrogens with zero attached hydrogens (tertiary/aromatic N) is 1. The lowest BCUT2D eigenvalue weighted by molar-refractivity contribution is -0.133. The second kappa shape index (κ2) is 5.27. The molecule has 2 aromatic rings. The number of benzene rings is 2. The lowest BCUT2D eigenvalue weighted by atomic mass is 9.80. The first-order valence-electron chi connectivity index (χ1n) is 7.52. The fourth-order valence-corrected chi connectivity index (χ4v) is 3.71. The van der Waals surface area contributed by atoms with E-state index >= 15 is 0 Å². The first kappa shape index (κ1) is 15.1. The van der Waals surface area contributed by atoms with Gasteiger partial charge < -0.3 is 4.90 Å². The number of carbonyl (C=O) groups excluding carboxylic acids is 3. The van der Waals surface area contributed by atoms with Gasteiger partial charge in [-0.2, -0.15) is 0 Å². The van der Waals surface area contributed by atoms with Gasteiger partial charge in [-0.05, 0) is 23.8 Å². The molecule has 6 heteroatoms. The number of para-hydroxylation sites is 1. The van der Waals surface area contributed by atoms with Gasteiger partial charge in [-0.25, -0.2) is 0 Å². The number of anilines is 1. The highest BCUT2D eigenvalue weighted by atomic mass is 79.9. The van der Waals surface area contributed by atoms with Crippen LogP contribution in [0.4, 0.5) is 5.69 Å². The van der Waals surface area contributed by atoms with E-state index in [-0.39, 0.29) is 12.3 Å². The van der Waals surface area contributed by atoms with E-state index in [2.05, 4.69) is 21.2 Å². The van der Waals surface area contributed by atoms with Crippen molar-refractivity contribution >= 4 is 39.3 Å². The minimum Gasteiger partial charge on any atom is -0.306 e. The Bertz CT molecular complexity index is 878. The summed E-state index contributed by atoms with van der Waals surface area (Å²) in [6.07, 6.45) is -0.126. The average molecular weight is 385 g/mol. The molecule has 0 bridgehead atoms. The van der Waals surface area contributed by atoms with Gasteiger partial charge in [0.1, 0.15) is 0 Å². The van der Waals surface area contributed by atoms with Crippen molar-refractivity contribution in [2.24, 2.45) is 0 Å². The molecule has 0 saturated carbocycles. The summed E-state index contributed by atoms with van der Waals surface area (Å²) in [5.74, 6) is -1.27. The normalized spacial score (nSPS) is 22.2. The monoisotopic (exact) mass is 384 g/mol. The fraction of sp³-hybridized carbons (Fsp3) is 0.167. The Morgan fingerprint density at radius 1 is 1.04 bits per heavy atom. The smallest absolute Gasteiger partial charge is 0.248 e. The van der Waals surface area contributed by atoms with Gasteiger partial charge in [0.25, 0.3) is 0 Å². The fourth-order valence-electron chi connectivity index (χ4n) is 3.44. The first-order valence-corrected chi connectivity index (χ1v) is 8.32. The van der Waals surface area contributed by atoms with Crippen molar-refractivity contribution in [3.05, 3.63) is 64.1 Å². The van der Waals surface area contributed by atoms with Crippen LogP contribution >= 0.6 is 15.9 Å². The summed E-state index contributed by atoms with van der Waals surface area (Å²) < 4.78 is 0.955. The Labute approximate surface area is 146 Å². The van der Waals surface area contributed by atoms with Crippen molar-refractivity contribution in [2.45, 2.75) is 18.4 Å². The van der Waals surface area contributed by atoms with E-state index in [0.717, 1.165) is 10.0 Å². The number of hydrogen-bond acceptors (Lipinski definition) is 3. The maximum atomic E-state index is 13.1. The molecule has 2 aliphatic heterocycles. The molecule has 1 atom stereocenters. The van der Waals surface area contributed by atoms with Crippen molar-refractivity contribution in [2.75, 3.05) is 4.90 Å². The van der Waals surface area contributed by atoms with Gasteiger partial charge in [-0.3, -0.25) is 19.7 Å². The Balaban J connectivity index is 1.80. The third kappa shape index (κ3) is 2.03. The SMILES string of the molecule is O=C1CC2(C(=O)N1)C(=O)N(Cc1ccc(Br)cc1)c1ccccc12. The van der Waals surface area contributed by atoms with Gasteiger partial charge in [0.2, 0.25) is 17.7 Å². The molecule has 3 amide bonds. The maximum Gasteiger partial charge on any atom is 0.248 e. The molecule has 0 aromatic heterocycles. The summed E-state index contributed by atoms with van der Waals surface area (Å²) in [6.45, 7) is 0.354. The Hall–Kier alpha value is -2.47. The van der Waals surface area contributed by atoms with Crippen LogP contribution in [0.15, 0.2) is 53.0 Å². The van der Waals surface area contributed by atoms with Crippen LogP contribution in [-0.4, -0.2) is 17.7 Å². The lowest BCUT2D eigenvalue weighted by Gasteiger charge is -2.21. The molecule has 1 saturated heterocycles. The van der Waals surface area contributed by atoms with E-state index in [0.29, 0.717) is 17.8 Å². The molecule has 120 valence electrons. The van der Waals surface area contributed by atoms with Crippen LogP contribution in [0.3, 0.4) is 0 Å². The molecular formula is C18H13BrN2O3. The maximum absolute atomic E-state index is 13.1. The number of rotatable bonds is 2. The van der Waals surface area contributed by atoms with E-state index in [4.69, 9.17) is 0 Å². The third-order valence-electron chi connectivity index (χ3n) is 4.59. The number of imide groups is 1. The highest BCUT2D eigenvalue weighted by Gasteiger charge is 2.60. The van der Waals surface area contributed by atoms with Crippen molar-refractivity contribution in [1.29, 1.82) is 0 Å². The molecule has 1 fully saturated rings. The number of nitrogens with one attached hydrogen (secondary N) is 1. The minimum atomic E-state index is -1.41. The molecule has 1 N–H and O–H groups in total. The van der Waals surface area contributed by atoms with E-state index < -0.39 is 17.2 Å². The number of hydrogen-bond donors (Lipinski definition) is 1. The summed E-state index contributed by atoms with van der Waals surface area (Å²) in [5, 5.41) is 2.28. The predicted molar refractivity (Wildman–Crippen MR) is 91.2 cm³/mol. The van der Waals surface area contributed by atoms with Crippen LogP contribution in [-0.2, 0) is 26.3 Å². The summed E-state index contributed by atoms with van der Waals surface area (Å²) in [5.41, 5.74) is 0.831. The largest absolute Gasteiger partial charge is 0.306 e. The molecule has 0 radical (unpaired) electrons. The van der Waals surface area contributed by atoms with E-state index in [9.17, 15) is 14.4 Å². The molecule has 5 nitrogen and oxygen atoms in total. The molecule has 4 rings (SSSR count). The van der Waals surface area contributed by atoms with Crippen molar-refractivity contribution in [3.8, 4) is 0 Å². The summed E-state index contributed by atoms with van der Waals surface area (Å²) in [6, 6.07) is 14.8. The van der Waals surface area contributed by atoms with E-state index in [1.54, 1.807) is 17.0 Å². The molecule has 0 aliphatic carbocycles. The minimum absolute atomic E-state index is 0.126. The van der Waals surface area contributed by atoms with Crippen molar-refractivity contribution in [3.63, 3.8) is 0 Å². The van der Waals surface area contributed by atoms with E-state index in [1.807, 2.05) is 36.4 Å². The Morgan fingerprint density at radius 3 is 2.42 bits per heavy atom. The van der Waals surface area contributed by atoms with Crippen molar-refractivity contribution < 1.29 is 14.4 Å². The molecule has 2 heterocycles. The van der Waals surface area contributed by atoms with Crippen LogP contribution in [0, 0.1) is 0 Å². The standard InChI is InChI=1S/C18H13BrN2O3/c19-12-7-5-11(6-8-12)10-21-14-4-2-1-3-13(14)18(17(21)24)9-15(22)20-16(18)23/h1-8H,9-10H2,(H,20,22,23). The zero-order chi connectivity index (χ0) is 16.9. The quantitative estimate of drug-likeness (QED) is 0.637. The van der Waals surface area contributed by atoms with Gasteiger partial charge in [-0.1, -0.05) is 46.3 Å². The molecule has 1 unspecified atom stereocenters. The van der Waals surface area contributed by atoms with Gasteiger partial charge in [0.15, 0.2) is 5.41 Å². The summed E-state index contributed by atoms with van der Waals surface area (Å²) >= 11 is 3.39. The topological polar surface area (TPSA) is 66.5 Å². The molecule has 24 heavy (non-hydrogen) atoms. The van der Waals surface area contributed by atoms with Crippen LogP contribution in [0.25, 0.3) is 0 Å². The highest BCUT2D eigenvalue weighted by Crippen LogP contribution is 2.46. The average Bonchev–Trinajstić information content (AvgIpc) is 3.00. The van der Waals surface area contributed by atoms with Gasteiger partial charge in [-0.15, -0.1) is 0 Å². The van der Waals surface area contributed by atoms with Crippen LogP contribution < -0.4 is 10.2 Å². The molecule has 1 spiro atoms. The lowest BCUT2D eigenvalue weighted by Crippen LogP contribution is -2.45. The van der Waals surface area contributed by atoms with Crippen LogP contribution in [0.1, 0.15) is 17.5 Å². The predicted octanol–water partition coefficient (Wildman–Crippen LogP) is 2.28. The summed E-state index contributed by atoms with van der Waals surface area (Å²) in [4.78, 5) is 38.9. The Kier molecular flexibility index (Phi) is 3.31. The van der Waals surface area contributed by atoms with E-state index in [1.165, 1.54) is 0 Å². The van der Waals surface area contributed by atoms with Gasteiger partial charge >= 0.3 is 0 Å². The molecular weight excluding hydrogens is 372 g/mol. The molecule has 2 aromatic carbocycles. The first-order chi connectivity index (χ1) is 11.5. The number of amides is 3. The summed E-state index contributed by atoms with van der Waals surface area (Å²) in [7, 11) is 0. The third-order valence-corrected chi connectivity index (χ3v) is 5.11. The second-order valence-corrected chi connectivity index (χ2v) is 6.91. The Morgan fingerprint density at radius 2 is 1.75 bits per heavy atom. The number of carbonyl (C=O) groups is 3. The van der Waals surface area contributed by atoms with Gasteiger partial charge in [0, 0.05) is 15.7 Å².